The highest BCUT2D eigenvalue weighted by Crippen LogP contribution is 2.39. The molecule has 0 aliphatic carbocycles. The largest absolute Gasteiger partial charge is 0.478 e. The summed E-state index contributed by atoms with van der Waals surface area (Å²) in [7, 11) is 0. The van der Waals surface area contributed by atoms with Crippen molar-refractivity contribution in [3.8, 4) is 11.4 Å². The average molecular weight is 432 g/mol. The second-order valence-electron chi connectivity index (χ2n) is 7.56. The SMILES string of the molecule is O=C(O)c1ccccc1-c1nnn(C(c2ccccc2)(c2ccccc2)c2ccccc2)n1. The summed E-state index contributed by atoms with van der Waals surface area (Å²) in [5, 5.41) is 23.2. The van der Waals surface area contributed by atoms with Crippen LogP contribution in [0.15, 0.2) is 115 Å². The monoisotopic (exact) mass is 432 g/mol. The third-order valence-corrected chi connectivity index (χ3v) is 5.69. The number of nitrogens with zero attached hydrogens (tertiary/aromatic N) is 4. The van der Waals surface area contributed by atoms with E-state index in [2.05, 4.69) is 10.3 Å². The van der Waals surface area contributed by atoms with Crippen LogP contribution in [0, 0.1) is 0 Å². The molecule has 0 aliphatic heterocycles. The Morgan fingerprint density at radius 3 is 1.61 bits per heavy atom. The standard InChI is InChI=1S/C27H20N4O2/c32-26(33)24-19-11-10-18-23(24)25-28-30-31(29-25)27(20-12-4-1-5-13-20,21-14-6-2-7-15-21)22-16-8-3-9-17-22/h1-19H,(H,32,33). The van der Waals surface area contributed by atoms with E-state index in [1.165, 1.54) is 6.07 Å². The number of carbonyl (C=O) groups is 1. The lowest BCUT2D eigenvalue weighted by Crippen LogP contribution is -2.39. The first-order chi connectivity index (χ1) is 16.2. The van der Waals surface area contributed by atoms with Crippen LogP contribution in [0.25, 0.3) is 11.4 Å². The first-order valence-electron chi connectivity index (χ1n) is 10.5. The molecule has 0 fully saturated rings. The van der Waals surface area contributed by atoms with Gasteiger partial charge in [-0.15, -0.1) is 15.0 Å². The van der Waals surface area contributed by atoms with Gasteiger partial charge in [0.15, 0.2) is 5.54 Å². The highest BCUT2D eigenvalue weighted by molar-refractivity contribution is 5.94. The zero-order valence-electron chi connectivity index (χ0n) is 17.6. The molecule has 0 aliphatic rings. The second kappa shape index (κ2) is 8.51. The summed E-state index contributed by atoms with van der Waals surface area (Å²) in [6.45, 7) is 0. The Morgan fingerprint density at radius 2 is 1.12 bits per heavy atom. The molecule has 0 bridgehead atoms. The van der Waals surface area contributed by atoms with Gasteiger partial charge in [-0.2, -0.15) is 0 Å². The molecule has 0 spiro atoms. The molecule has 0 radical (unpaired) electrons. The number of hydrogen-bond acceptors (Lipinski definition) is 4. The quantitative estimate of drug-likeness (QED) is 0.387. The molecule has 6 heteroatoms. The van der Waals surface area contributed by atoms with Crippen LogP contribution in [0.5, 0.6) is 0 Å². The van der Waals surface area contributed by atoms with E-state index >= 15 is 0 Å². The Bertz CT molecular complexity index is 1290. The van der Waals surface area contributed by atoms with Crippen LogP contribution in [0.4, 0.5) is 0 Å². The first-order valence-corrected chi connectivity index (χ1v) is 10.5. The normalized spacial score (nSPS) is 11.3. The lowest BCUT2D eigenvalue weighted by atomic mass is 9.77. The fraction of sp³-hybridized carbons (Fsp3) is 0.0370. The third kappa shape index (κ3) is 3.47. The number of aromatic nitrogens is 4. The molecular weight excluding hydrogens is 412 g/mol. The molecule has 1 heterocycles. The zero-order chi connectivity index (χ0) is 22.7. The molecule has 160 valence electrons. The molecule has 5 rings (SSSR count). The first kappa shape index (κ1) is 20.3. The summed E-state index contributed by atoms with van der Waals surface area (Å²) >= 11 is 0. The van der Waals surface area contributed by atoms with Crippen LogP contribution in [0.1, 0.15) is 27.0 Å². The van der Waals surface area contributed by atoms with Gasteiger partial charge in [0.2, 0.25) is 5.82 Å². The summed E-state index contributed by atoms with van der Waals surface area (Å²) in [6.07, 6.45) is 0. The van der Waals surface area contributed by atoms with Gasteiger partial charge >= 0.3 is 5.97 Å². The van der Waals surface area contributed by atoms with Crippen LogP contribution >= 0.6 is 0 Å². The Labute approximate surface area is 190 Å². The van der Waals surface area contributed by atoms with E-state index in [4.69, 9.17) is 5.10 Å². The van der Waals surface area contributed by atoms with Crippen molar-refractivity contribution < 1.29 is 9.90 Å². The summed E-state index contributed by atoms with van der Waals surface area (Å²) < 4.78 is 0. The van der Waals surface area contributed by atoms with Crippen LogP contribution in [-0.2, 0) is 5.54 Å². The van der Waals surface area contributed by atoms with Gasteiger partial charge in [-0.1, -0.05) is 109 Å². The van der Waals surface area contributed by atoms with Gasteiger partial charge in [-0.3, -0.25) is 0 Å². The number of carboxylic acid groups (broad SMARTS) is 1. The van der Waals surface area contributed by atoms with Gasteiger partial charge in [0.25, 0.3) is 0 Å². The molecule has 5 aromatic rings. The molecule has 1 aromatic heterocycles. The van der Waals surface area contributed by atoms with Crippen molar-refractivity contribution >= 4 is 5.97 Å². The smallest absolute Gasteiger partial charge is 0.336 e. The minimum Gasteiger partial charge on any atom is -0.478 e. The Balaban J connectivity index is 1.81. The van der Waals surface area contributed by atoms with Crippen LogP contribution in [-0.4, -0.2) is 31.3 Å². The number of tetrazole rings is 1. The lowest BCUT2D eigenvalue weighted by molar-refractivity contribution is 0.0697. The molecule has 33 heavy (non-hydrogen) atoms. The van der Waals surface area contributed by atoms with Crippen molar-refractivity contribution in [2.24, 2.45) is 0 Å². The van der Waals surface area contributed by atoms with Gasteiger partial charge in [0, 0.05) is 5.56 Å². The van der Waals surface area contributed by atoms with E-state index in [1.807, 2.05) is 91.0 Å². The van der Waals surface area contributed by atoms with E-state index in [0.717, 1.165) is 16.7 Å². The van der Waals surface area contributed by atoms with Crippen molar-refractivity contribution in [1.29, 1.82) is 0 Å². The van der Waals surface area contributed by atoms with Gasteiger partial charge in [0.05, 0.1) is 5.56 Å². The maximum atomic E-state index is 11.8. The average Bonchev–Trinajstić information content (AvgIpc) is 3.37. The number of rotatable bonds is 6. The van der Waals surface area contributed by atoms with Gasteiger partial charge < -0.3 is 5.11 Å². The maximum Gasteiger partial charge on any atom is 0.336 e. The number of aromatic carboxylic acids is 1. The molecule has 4 aromatic carbocycles. The maximum absolute atomic E-state index is 11.8. The van der Waals surface area contributed by atoms with Crippen LogP contribution in [0.2, 0.25) is 0 Å². The van der Waals surface area contributed by atoms with Gasteiger partial charge in [0.1, 0.15) is 0 Å². The van der Waals surface area contributed by atoms with Crippen molar-refractivity contribution in [1.82, 2.24) is 20.2 Å². The fourth-order valence-corrected chi connectivity index (χ4v) is 4.21. The Morgan fingerprint density at radius 1 is 0.667 bits per heavy atom. The molecule has 0 saturated heterocycles. The molecule has 0 saturated carbocycles. The highest BCUT2D eigenvalue weighted by atomic mass is 16.4. The van der Waals surface area contributed by atoms with Gasteiger partial charge in [-0.05, 0) is 28.0 Å². The van der Waals surface area contributed by atoms with Crippen molar-refractivity contribution in [2.45, 2.75) is 5.54 Å². The molecule has 0 amide bonds. The zero-order valence-corrected chi connectivity index (χ0v) is 17.6. The Hall–Kier alpha value is -4.58. The topological polar surface area (TPSA) is 80.9 Å². The third-order valence-electron chi connectivity index (χ3n) is 5.69. The summed E-state index contributed by atoms with van der Waals surface area (Å²) in [5.74, 6) is -0.789. The van der Waals surface area contributed by atoms with Gasteiger partial charge in [-0.25, -0.2) is 4.79 Å². The predicted molar refractivity (Wildman–Crippen MR) is 125 cm³/mol. The van der Waals surface area contributed by atoms with E-state index in [0.29, 0.717) is 5.56 Å². The summed E-state index contributed by atoms with van der Waals surface area (Å²) in [4.78, 5) is 13.4. The van der Waals surface area contributed by atoms with Crippen LogP contribution in [0.3, 0.4) is 0 Å². The van der Waals surface area contributed by atoms with Crippen LogP contribution < -0.4 is 0 Å². The number of benzene rings is 4. The predicted octanol–water partition coefficient (Wildman–Crippen LogP) is 4.88. The lowest BCUT2D eigenvalue weighted by Gasteiger charge is -2.34. The minimum atomic E-state index is -1.04. The molecule has 1 N–H and O–H groups in total. The molecule has 0 unspecified atom stereocenters. The summed E-state index contributed by atoms with van der Waals surface area (Å²) in [5.41, 5.74) is 2.50. The molecular formula is C27H20N4O2. The fourth-order valence-electron chi connectivity index (χ4n) is 4.21. The Kier molecular flexibility index (Phi) is 5.24. The van der Waals surface area contributed by atoms with E-state index in [1.54, 1.807) is 23.0 Å². The van der Waals surface area contributed by atoms with Crippen molar-refractivity contribution in [2.75, 3.05) is 0 Å². The molecule has 6 nitrogen and oxygen atoms in total. The van der Waals surface area contributed by atoms with E-state index in [9.17, 15) is 9.90 Å². The second-order valence-corrected chi connectivity index (χ2v) is 7.56. The minimum absolute atomic E-state index is 0.127. The van der Waals surface area contributed by atoms with E-state index < -0.39 is 11.5 Å². The van der Waals surface area contributed by atoms with Crippen molar-refractivity contribution in [3.63, 3.8) is 0 Å². The molecule has 0 atom stereocenters. The number of hydrogen-bond donors (Lipinski definition) is 1. The van der Waals surface area contributed by atoms with E-state index in [-0.39, 0.29) is 11.4 Å². The van der Waals surface area contributed by atoms with Crippen molar-refractivity contribution in [3.05, 3.63) is 138 Å². The number of carboxylic acids is 1. The highest BCUT2D eigenvalue weighted by Gasteiger charge is 2.41. The summed E-state index contributed by atoms with van der Waals surface area (Å²) in [6, 6.07) is 36.7.